The molecule has 8 heteroatoms. The first-order chi connectivity index (χ1) is 13.6. The highest BCUT2D eigenvalue weighted by atomic mass is 35.5. The van der Waals surface area contributed by atoms with Gasteiger partial charge in [0, 0.05) is 29.6 Å². The zero-order chi connectivity index (χ0) is 19.3. The van der Waals surface area contributed by atoms with E-state index in [1.807, 2.05) is 47.4 Å². The van der Waals surface area contributed by atoms with Gasteiger partial charge < -0.3 is 15.7 Å². The van der Waals surface area contributed by atoms with Gasteiger partial charge in [0.05, 0.1) is 34.2 Å². The minimum atomic E-state index is -0.366. The van der Waals surface area contributed by atoms with E-state index in [1.54, 1.807) is 6.20 Å². The lowest BCUT2D eigenvalue weighted by Crippen LogP contribution is -2.51. The summed E-state index contributed by atoms with van der Waals surface area (Å²) in [5, 5.41) is 18.1. The predicted molar refractivity (Wildman–Crippen MR) is 110 cm³/mol. The number of halogens is 1. The Bertz CT molecular complexity index is 1170. The Morgan fingerprint density at radius 2 is 1.82 bits per heavy atom. The van der Waals surface area contributed by atoms with E-state index in [9.17, 15) is 5.11 Å². The topological polar surface area (TPSA) is 104 Å². The van der Waals surface area contributed by atoms with Crippen molar-refractivity contribution in [2.24, 2.45) is 0 Å². The number of hydrogen-bond donors (Lipinski definition) is 3. The van der Waals surface area contributed by atoms with Crippen LogP contribution in [0.5, 0.6) is 0 Å². The zero-order valence-corrected chi connectivity index (χ0v) is 15.6. The van der Waals surface area contributed by atoms with Crippen LogP contribution < -0.4 is 10.6 Å². The Labute approximate surface area is 165 Å². The lowest BCUT2D eigenvalue weighted by atomic mass is 10.0. The highest BCUT2D eigenvalue weighted by Gasteiger charge is 2.29. The van der Waals surface area contributed by atoms with Crippen molar-refractivity contribution in [1.29, 1.82) is 0 Å². The molecule has 4 N–H and O–H groups in total. The van der Waals surface area contributed by atoms with Gasteiger partial charge in [-0.05, 0) is 12.1 Å². The zero-order valence-electron chi connectivity index (χ0n) is 14.8. The number of β-amino-alcohol motifs (C(OH)–C–C–N with tert-alkyl or cyclic N) is 1. The molecule has 4 aromatic rings. The maximum atomic E-state index is 9.66. The smallest absolute Gasteiger partial charge is 0.172 e. The summed E-state index contributed by atoms with van der Waals surface area (Å²) >= 11 is 6.46. The maximum Gasteiger partial charge on any atom is 0.172 e. The predicted octanol–water partition coefficient (Wildman–Crippen LogP) is 3.10. The number of H-pyrrole nitrogens is 1. The molecule has 0 radical (unpaired) electrons. The summed E-state index contributed by atoms with van der Waals surface area (Å²) in [5.74, 6) is 0.911. The highest BCUT2D eigenvalue weighted by Crippen LogP contribution is 2.37. The van der Waals surface area contributed by atoms with Crippen molar-refractivity contribution >= 4 is 34.1 Å². The molecule has 1 aliphatic rings. The third kappa shape index (κ3) is 2.76. The second kappa shape index (κ2) is 6.47. The van der Waals surface area contributed by atoms with Gasteiger partial charge in [-0.3, -0.25) is 5.10 Å². The van der Waals surface area contributed by atoms with E-state index < -0.39 is 0 Å². The molecule has 2 aromatic carbocycles. The molecule has 0 saturated carbocycles. The van der Waals surface area contributed by atoms with Gasteiger partial charge >= 0.3 is 0 Å². The number of fused-ring (bicyclic) bond motifs is 1. The number of aliphatic hydroxyl groups is 1. The highest BCUT2D eigenvalue weighted by molar-refractivity contribution is 6.35. The van der Waals surface area contributed by atoms with E-state index in [-0.39, 0.29) is 6.10 Å². The second-order valence-corrected chi connectivity index (χ2v) is 7.25. The summed E-state index contributed by atoms with van der Waals surface area (Å²) in [6.45, 7) is 0.981. The first-order valence-corrected chi connectivity index (χ1v) is 9.27. The van der Waals surface area contributed by atoms with Crippen LogP contribution in [0.2, 0.25) is 5.02 Å². The lowest BCUT2D eigenvalue weighted by molar-refractivity contribution is 0.141. The molecule has 0 bridgehead atoms. The SMILES string of the molecule is Nc1nc(-c2ccccc2)c(-c2cc(Cl)c3[nH]ncc3c2)nc1N1CC(O)C1. The van der Waals surface area contributed by atoms with Crippen LogP contribution in [-0.4, -0.2) is 44.5 Å². The molecule has 1 aliphatic heterocycles. The molecule has 1 saturated heterocycles. The fraction of sp³-hybridized carbons (Fsp3) is 0.150. The van der Waals surface area contributed by atoms with Gasteiger partial charge in [0.1, 0.15) is 0 Å². The minimum Gasteiger partial charge on any atom is -0.389 e. The molecular formula is C20H17ClN6O. The molecule has 5 rings (SSSR count). The van der Waals surface area contributed by atoms with Crippen molar-refractivity contribution in [3.8, 4) is 22.5 Å². The summed E-state index contributed by atoms with van der Waals surface area (Å²) in [5.41, 5.74) is 10.1. The van der Waals surface area contributed by atoms with Crippen LogP contribution in [0.25, 0.3) is 33.4 Å². The van der Waals surface area contributed by atoms with Crippen LogP contribution in [0.1, 0.15) is 0 Å². The molecule has 0 aliphatic carbocycles. The third-order valence-electron chi connectivity index (χ3n) is 4.89. The molecule has 7 nitrogen and oxygen atoms in total. The average molecular weight is 393 g/mol. The van der Waals surface area contributed by atoms with Crippen molar-refractivity contribution < 1.29 is 5.11 Å². The van der Waals surface area contributed by atoms with Crippen LogP contribution in [0.15, 0.2) is 48.7 Å². The van der Waals surface area contributed by atoms with Gasteiger partial charge in [0.2, 0.25) is 0 Å². The molecule has 140 valence electrons. The number of rotatable bonds is 3. The molecule has 3 heterocycles. The Morgan fingerprint density at radius 3 is 2.57 bits per heavy atom. The molecule has 0 unspecified atom stereocenters. The van der Waals surface area contributed by atoms with Gasteiger partial charge in [-0.1, -0.05) is 41.9 Å². The largest absolute Gasteiger partial charge is 0.389 e. The Morgan fingerprint density at radius 1 is 1.07 bits per heavy atom. The average Bonchev–Trinajstić information content (AvgIpc) is 3.15. The van der Waals surface area contributed by atoms with E-state index in [4.69, 9.17) is 22.3 Å². The first kappa shape index (κ1) is 17.0. The minimum absolute atomic E-state index is 0.338. The summed E-state index contributed by atoms with van der Waals surface area (Å²) in [6, 6.07) is 13.6. The monoisotopic (exact) mass is 392 g/mol. The van der Waals surface area contributed by atoms with Crippen molar-refractivity contribution in [1.82, 2.24) is 20.2 Å². The van der Waals surface area contributed by atoms with Crippen LogP contribution in [0.4, 0.5) is 11.6 Å². The molecule has 2 aromatic heterocycles. The van der Waals surface area contributed by atoms with Crippen molar-refractivity contribution in [2.75, 3.05) is 23.7 Å². The van der Waals surface area contributed by atoms with Crippen LogP contribution in [-0.2, 0) is 0 Å². The quantitative estimate of drug-likeness (QED) is 0.495. The summed E-state index contributed by atoms with van der Waals surface area (Å²) in [4.78, 5) is 11.4. The van der Waals surface area contributed by atoms with E-state index in [0.717, 1.165) is 22.0 Å². The fourth-order valence-electron chi connectivity index (χ4n) is 3.45. The molecule has 0 spiro atoms. The number of aromatic amines is 1. The van der Waals surface area contributed by atoms with Gasteiger partial charge in [-0.2, -0.15) is 5.10 Å². The van der Waals surface area contributed by atoms with E-state index >= 15 is 0 Å². The number of benzene rings is 2. The Hall–Kier alpha value is -3.16. The standard InChI is InChI=1S/C20H17ClN6O/c21-15-7-12(6-13-8-23-26-16(13)15)18-17(11-4-2-1-3-5-11)24-19(22)20(25-18)27-9-14(28)10-27/h1-8,14,28H,9-10H2,(H2,22,24)(H,23,26). The number of nitrogen functional groups attached to an aromatic ring is 1. The van der Waals surface area contributed by atoms with Crippen molar-refractivity contribution in [2.45, 2.75) is 6.10 Å². The number of nitrogens with two attached hydrogens (primary N) is 1. The Balaban J connectivity index is 1.74. The number of nitrogens with one attached hydrogen (secondary N) is 1. The van der Waals surface area contributed by atoms with Gasteiger partial charge in [0.15, 0.2) is 11.6 Å². The molecule has 1 fully saturated rings. The normalized spacial score (nSPS) is 14.4. The second-order valence-electron chi connectivity index (χ2n) is 6.85. The molecular weight excluding hydrogens is 376 g/mol. The molecule has 0 amide bonds. The Kier molecular flexibility index (Phi) is 3.92. The number of hydrogen-bond acceptors (Lipinski definition) is 6. The van der Waals surface area contributed by atoms with Crippen molar-refractivity contribution in [3.05, 3.63) is 53.7 Å². The first-order valence-electron chi connectivity index (χ1n) is 8.89. The number of nitrogens with zero attached hydrogens (tertiary/aromatic N) is 4. The maximum absolute atomic E-state index is 9.66. The molecule has 0 atom stereocenters. The number of aromatic nitrogens is 4. The van der Waals surface area contributed by atoms with E-state index in [1.165, 1.54) is 0 Å². The van der Waals surface area contributed by atoms with E-state index in [2.05, 4.69) is 15.2 Å². The van der Waals surface area contributed by atoms with Crippen LogP contribution in [0, 0.1) is 0 Å². The summed E-state index contributed by atoms with van der Waals surface area (Å²) in [6.07, 6.45) is 1.36. The van der Waals surface area contributed by atoms with Crippen LogP contribution in [0.3, 0.4) is 0 Å². The van der Waals surface area contributed by atoms with Gasteiger partial charge in [0.25, 0.3) is 0 Å². The van der Waals surface area contributed by atoms with E-state index in [0.29, 0.717) is 41.1 Å². The van der Waals surface area contributed by atoms with Gasteiger partial charge in [-0.25, -0.2) is 9.97 Å². The fourth-order valence-corrected chi connectivity index (χ4v) is 3.72. The van der Waals surface area contributed by atoms with Crippen molar-refractivity contribution in [3.63, 3.8) is 0 Å². The third-order valence-corrected chi connectivity index (χ3v) is 5.18. The number of anilines is 2. The lowest BCUT2D eigenvalue weighted by Gasteiger charge is -2.37. The summed E-state index contributed by atoms with van der Waals surface area (Å²) in [7, 11) is 0. The molecule has 28 heavy (non-hydrogen) atoms. The van der Waals surface area contributed by atoms with Crippen LogP contribution >= 0.6 is 11.6 Å². The van der Waals surface area contributed by atoms with Gasteiger partial charge in [-0.15, -0.1) is 0 Å². The summed E-state index contributed by atoms with van der Waals surface area (Å²) < 4.78 is 0. The number of aliphatic hydroxyl groups excluding tert-OH is 1.